The van der Waals surface area contributed by atoms with E-state index in [2.05, 4.69) is 13.2 Å². The molecule has 282 valence electrons. The first-order valence-electron chi connectivity index (χ1n) is 16.2. The molecule has 16 heteroatoms. The maximum atomic E-state index is 8.69. The Bertz CT molecular complexity index is 480. The van der Waals surface area contributed by atoms with Gasteiger partial charge in [0.2, 0.25) is 0 Å². The van der Waals surface area contributed by atoms with Gasteiger partial charge in [0.05, 0.1) is 159 Å². The van der Waals surface area contributed by atoms with Crippen molar-refractivity contribution in [1.82, 2.24) is 0 Å². The Balaban J connectivity index is -0.000000310. The molecule has 2 aliphatic rings. The third kappa shape index (κ3) is 61.1. The minimum atomic E-state index is 0. The van der Waals surface area contributed by atoms with Crippen LogP contribution >= 0.6 is 0 Å². The number of rotatable bonds is 0. The molecule has 0 amide bonds. The van der Waals surface area contributed by atoms with Crippen LogP contribution in [0.15, 0.2) is 62.1 Å². The monoisotopic (exact) mass is 770 g/mol. The molecule has 50 heavy (non-hydrogen) atoms. The molecule has 2 fully saturated rings. The van der Waals surface area contributed by atoms with E-state index in [1.165, 1.54) is 0 Å². The topological polar surface area (TPSA) is 157 Å². The zero-order chi connectivity index (χ0) is 35.1. The SMILES string of the molecule is C1COCCOCCOCCOCCOCCO1.C1COCCOCCOCCOCCOCCO1.C=C[O-].C=C[O-].[K+].[K+].c1ccccc1. The predicted octanol–water partition coefficient (Wildman–Crippen LogP) is -5.13. The van der Waals surface area contributed by atoms with Gasteiger partial charge in [0.15, 0.2) is 0 Å². The summed E-state index contributed by atoms with van der Waals surface area (Å²) in [5.74, 6) is 0. The molecule has 0 spiro atoms. The molecule has 0 radical (unpaired) electrons. The van der Waals surface area contributed by atoms with Crippen LogP contribution in [-0.2, 0) is 56.8 Å². The van der Waals surface area contributed by atoms with Gasteiger partial charge < -0.3 is 67.1 Å². The molecule has 0 atom stereocenters. The number of hydrogen-bond acceptors (Lipinski definition) is 14. The number of hydrogen-bond donors (Lipinski definition) is 0. The van der Waals surface area contributed by atoms with E-state index in [4.69, 9.17) is 67.1 Å². The Morgan fingerprint density at radius 2 is 0.320 bits per heavy atom. The van der Waals surface area contributed by atoms with E-state index in [0.717, 1.165) is 0 Å². The van der Waals surface area contributed by atoms with Gasteiger partial charge >= 0.3 is 103 Å². The van der Waals surface area contributed by atoms with Gasteiger partial charge in [-0.3, -0.25) is 0 Å². The summed E-state index contributed by atoms with van der Waals surface area (Å²) in [5.41, 5.74) is 0. The van der Waals surface area contributed by atoms with Crippen LogP contribution in [0.5, 0.6) is 0 Å². The van der Waals surface area contributed by atoms with Gasteiger partial charge in [-0.15, -0.1) is 13.2 Å². The molecule has 0 aromatic heterocycles. The molecule has 0 bridgehead atoms. The molecule has 2 saturated heterocycles. The largest absolute Gasteiger partial charge is 1.00 e. The van der Waals surface area contributed by atoms with Gasteiger partial charge in [0.25, 0.3) is 0 Å². The quantitative estimate of drug-likeness (QED) is 0.182. The van der Waals surface area contributed by atoms with Crippen LogP contribution < -0.4 is 113 Å². The summed E-state index contributed by atoms with van der Waals surface area (Å²) in [4.78, 5) is 0. The summed E-state index contributed by atoms with van der Waals surface area (Å²) in [7, 11) is 0. The smallest absolute Gasteiger partial charge is 0.878 e. The van der Waals surface area contributed by atoms with Gasteiger partial charge in [-0.2, -0.15) is 12.5 Å². The van der Waals surface area contributed by atoms with Crippen LogP contribution in [0.2, 0.25) is 0 Å². The van der Waals surface area contributed by atoms with Crippen molar-refractivity contribution in [2.45, 2.75) is 0 Å². The average molecular weight is 771 g/mol. The molecule has 0 unspecified atom stereocenters. The number of benzene rings is 1. The first kappa shape index (κ1) is 57.8. The van der Waals surface area contributed by atoms with Crippen molar-refractivity contribution in [3.63, 3.8) is 0 Å². The minimum Gasteiger partial charge on any atom is -0.878 e. The summed E-state index contributed by atoms with van der Waals surface area (Å²) >= 11 is 0. The summed E-state index contributed by atoms with van der Waals surface area (Å²) in [5, 5.41) is 17.4. The second kappa shape index (κ2) is 59.4. The molecule has 0 aliphatic carbocycles. The minimum absolute atomic E-state index is 0. The Morgan fingerprint density at radius 1 is 0.260 bits per heavy atom. The normalized spacial score (nSPS) is 18.7. The van der Waals surface area contributed by atoms with Crippen molar-refractivity contribution >= 4 is 0 Å². The summed E-state index contributed by atoms with van der Waals surface area (Å²) in [6, 6.07) is 12.0. The fourth-order valence-corrected chi connectivity index (χ4v) is 3.02. The van der Waals surface area contributed by atoms with Crippen molar-refractivity contribution in [2.24, 2.45) is 0 Å². The summed E-state index contributed by atoms with van der Waals surface area (Å²) < 4.78 is 63.9. The van der Waals surface area contributed by atoms with Crippen LogP contribution in [0.4, 0.5) is 0 Å². The van der Waals surface area contributed by atoms with Crippen LogP contribution in [-0.4, -0.2) is 159 Å². The van der Waals surface area contributed by atoms with Crippen molar-refractivity contribution < 1.29 is 170 Å². The van der Waals surface area contributed by atoms with Gasteiger partial charge in [-0.25, -0.2) is 0 Å². The van der Waals surface area contributed by atoms with E-state index in [1.54, 1.807) is 0 Å². The van der Waals surface area contributed by atoms with Crippen LogP contribution in [0.1, 0.15) is 0 Å². The van der Waals surface area contributed by atoms with E-state index < -0.39 is 0 Å². The van der Waals surface area contributed by atoms with Crippen molar-refractivity contribution in [2.75, 3.05) is 159 Å². The maximum absolute atomic E-state index is 8.69. The molecular weight excluding hydrogens is 711 g/mol. The zero-order valence-electron chi connectivity index (χ0n) is 30.7. The Morgan fingerprint density at radius 3 is 0.380 bits per heavy atom. The standard InChI is InChI=1S/2C12H24O6.C6H6.2C2H4O.2K/c2*1-2-14-5-6-16-9-10-18-12-11-17-8-7-15-4-3-13-1;1-2-4-6-5-3-1;2*1-2-3;;/h2*1-12H2;1-6H;2*2-3H,1H2;;/q;;;;;2*+1/p-2. The van der Waals surface area contributed by atoms with Crippen LogP contribution in [0.25, 0.3) is 0 Å². The first-order valence-corrected chi connectivity index (χ1v) is 16.2. The van der Waals surface area contributed by atoms with Crippen molar-refractivity contribution in [3.8, 4) is 0 Å². The molecule has 14 nitrogen and oxygen atoms in total. The number of ether oxygens (including phenoxy) is 12. The summed E-state index contributed by atoms with van der Waals surface area (Å²) in [6.07, 6.45) is 1.00. The molecule has 1 aromatic rings. The molecule has 2 aliphatic heterocycles. The van der Waals surface area contributed by atoms with Crippen molar-refractivity contribution in [3.05, 3.63) is 62.1 Å². The molecule has 1 aromatic carbocycles. The fourth-order valence-electron chi connectivity index (χ4n) is 3.02. The van der Waals surface area contributed by atoms with E-state index in [1.807, 2.05) is 36.4 Å². The molecule has 2 heterocycles. The van der Waals surface area contributed by atoms with E-state index in [0.29, 0.717) is 171 Å². The van der Waals surface area contributed by atoms with E-state index >= 15 is 0 Å². The second-order valence-corrected chi connectivity index (χ2v) is 8.84. The van der Waals surface area contributed by atoms with Gasteiger partial charge in [0.1, 0.15) is 0 Å². The Hall–Kier alpha value is 1.09. The molecular formula is C34H60K2O14. The fraction of sp³-hybridized carbons (Fsp3) is 0.706. The third-order valence-electron chi connectivity index (χ3n) is 5.13. The third-order valence-corrected chi connectivity index (χ3v) is 5.13. The predicted molar refractivity (Wildman–Crippen MR) is 177 cm³/mol. The first-order chi connectivity index (χ1) is 23.8. The molecule has 0 saturated carbocycles. The van der Waals surface area contributed by atoms with Gasteiger partial charge in [-0.1, -0.05) is 36.4 Å². The second-order valence-electron chi connectivity index (χ2n) is 8.84. The van der Waals surface area contributed by atoms with Gasteiger partial charge in [-0.05, 0) is 0 Å². The maximum Gasteiger partial charge on any atom is 1.00 e. The Labute approximate surface area is 385 Å². The molecule has 3 rings (SSSR count). The van der Waals surface area contributed by atoms with Gasteiger partial charge in [0, 0.05) is 0 Å². The average Bonchev–Trinajstić information content (AvgIpc) is 3.10. The van der Waals surface area contributed by atoms with E-state index in [9.17, 15) is 0 Å². The van der Waals surface area contributed by atoms with E-state index in [-0.39, 0.29) is 103 Å². The van der Waals surface area contributed by atoms with Crippen LogP contribution in [0.3, 0.4) is 0 Å². The zero-order valence-corrected chi connectivity index (χ0v) is 37.0. The van der Waals surface area contributed by atoms with Crippen molar-refractivity contribution in [1.29, 1.82) is 0 Å². The molecule has 0 N–H and O–H groups in total. The summed E-state index contributed by atoms with van der Waals surface area (Å²) in [6.45, 7) is 19.7. The Kier molecular flexibility index (Phi) is 68.6. The van der Waals surface area contributed by atoms with Crippen LogP contribution in [0, 0.1) is 0 Å².